The number of nitrogen functional groups attached to an aromatic ring is 1. The van der Waals surface area contributed by atoms with Gasteiger partial charge in [0.2, 0.25) is 0 Å². The molecule has 25 heavy (non-hydrogen) atoms. The first-order valence-corrected chi connectivity index (χ1v) is 8.29. The predicted molar refractivity (Wildman–Crippen MR) is 98.1 cm³/mol. The Labute approximate surface area is 144 Å². The summed E-state index contributed by atoms with van der Waals surface area (Å²) < 4.78 is 15.5. The van der Waals surface area contributed by atoms with Gasteiger partial charge < -0.3 is 15.2 Å². The quantitative estimate of drug-likeness (QED) is 0.730. The molecular weight excluding hydrogens is 315 g/mol. The van der Waals surface area contributed by atoms with Crippen LogP contribution in [0.1, 0.15) is 5.56 Å². The lowest BCUT2D eigenvalue weighted by molar-refractivity contribution is 0.628. The first-order chi connectivity index (χ1) is 12.1. The van der Waals surface area contributed by atoms with Gasteiger partial charge in [-0.25, -0.2) is 9.37 Å². The molecule has 3 aromatic rings. The Balaban J connectivity index is 1.83. The van der Waals surface area contributed by atoms with Crippen molar-refractivity contribution in [1.82, 2.24) is 14.5 Å². The van der Waals surface area contributed by atoms with Gasteiger partial charge in [-0.2, -0.15) is 0 Å². The highest BCUT2D eigenvalue weighted by Crippen LogP contribution is 2.40. The third kappa shape index (κ3) is 2.16. The zero-order valence-corrected chi connectivity index (χ0v) is 13.8. The number of hydrogen-bond donors (Lipinski definition) is 1. The fourth-order valence-electron chi connectivity index (χ4n) is 3.65. The van der Waals surface area contributed by atoms with Crippen LogP contribution in [0.4, 0.5) is 10.2 Å². The normalized spacial score (nSPS) is 18.4. The van der Waals surface area contributed by atoms with E-state index in [1.807, 2.05) is 35.9 Å². The van der Waals surface area contributed by atoms with E-state index in [0.717, 1.165) is 34.4 Å². The second kappa shape index (κ2) is 4.96. The average molecular weight is 332 g/mol. The van der Waals surface area contributed by atoms with Crippen molar-refractivity contribution in [1.29, 1.82) is 0 Å². The summed E-state index contributed by atoms with van der Waals surface area (Å²) in [6, 6.07) is 10.9. The van der Waals surface area contributed by atoms with Crippen LogP contribution in [0, 0.1) is 5.82 Å². The molecule has 124 valence electrons. The molecule has 1 atom stereocenters. The molecule has 0 radical (unpaired) electrons. The largest absolute Gasteiger partial charge is 0.384 e. The minimum absolute atomic E-state index is 0.239. The van der Waals surface area contributed by atoms with Crippen molar-refractivity contribution in [3.8, 4) is 11.3 Å². The topological polar surface area (TPSA) is 46.9 Å². The lowest BCUT2D eigenvalue weighted by Gasteiger charge is -2.12. The minimum Gasteiger partial charge on any atom is -0.384 e. The molecule has 5 heteroatoms. The smallest absolute Gasteiger partial charge is 0.143 e. The third-order valence-corrected chi connectivity index (χ3v) is 4.97. The summed E-state index contributed by atoms with van der Waals surface area (Å²) in [4.78, 5) is 6.81. The standard InChI is InChI=1S/C20H17FN4/c1-24-19(12-2-4-14(21)5-3-12)18(13-8-9-25-11-15(25)10-13)16-6-7-17(22)23-20(16)24/h2-10,15H,11H2,1H3,(H2,22,23)/t15-,25?/m1/s1. The molecule has 0 aliphatic carbocycles. The summed E-state index contributed by atoms with van der Waals surface area (Å²) in [6.45, 7) is 1.07. The van der Waals surface area contributed by atoms with Crippen molar-refractivity contribution < 1.29 is 4.39 Å². The van der Waals surface area contributed by atoms with Gasteiger partial charge in [0.1, 0.15) is 17.3 Å². The van der Waals surface area contributed by atoms with Gasteiger partial charge in [-0.3, -0.25) is 0 Å². The highest BCUT2D eigenvalue weighted by Gasteiger charge is 2.32. The van der Waals surface area contributed by atoms with E-state index < -0.39 is 0 Å². The number of aryl methyl sites for hydroxylation is 1. The Hall–Kier alpha value is -3.08. The van der Waals surface area contributed by atoms with Gasteiger partial charge in [0.25, 0.3) is 0 Å². The molecule has 2 aliphatic heterocycles. The maximum Gasteiger partial charge on any atom is 0.143 e. The van der Waals surface area contributed by atoms with Crippen LogP contribution in [0.15, 0.2) is 54.8 Å². The van der Waals surface area contributed by atoms with Crippen molar-refractivity contribution in [2.45, 2.75) is 6.04 Å². The maximum absolute atomic E-state index is 13.4. The lowest BCUT2D eigenvalue weighted by Crippen LogP contribution is -1.99. The number of nitrogens with two attached hydrogens (primary N) is 1. The maximum atomic E-state index is 13.4. The molecule has 1 aromatic carbocycles. The summed E-state index contributed by atoms with van der Waals surface area (Å²) in [5.41, 5.74) is 11.0. The van der Waals surface area contributed by atoms with Gasteiger partial charge in [0.05, 0.1) is 11.7 Å². The van der Waals surface area contributed by atoms with Gasteiger partial charge in [0.15, 0.2) is 0 Å². The summed E-state index contributed by atoms with van der Waals surface area (Å²) in [6.07, 6.45) is 6.57. The summed E-state index contributed by atoms with van der Waals surface area (Å²) in [5, 5.41) is 1.06. The number of fused-ring (bicyclic) bond motifs is 2. The molecule has 0 bridgehead atoms. The lowest BCUT2D eigenvalue weighted by atomic mass is 9.97. The van der Waals surface area contributed by atoms with Crippen LogP contribution >= 0.6 is 0 Å². The number of aromatic nitrogens is 2. The molecule has 0 saturated carbocycles. The van der Waals surface area contributed by atoms with E-state index >= 15 is 0 Å². The van der Waals surface area contributed by atoms with Crippen molar-refractivity contribution in [2.24, 2.45) is 7.05 Å². The van der Waals surface area contributed by atoms with Crippen LogP contribution in [-0.2, 0) is 7.05 Å². The summed E-state index contributed by atoms with van der Waals surface area (Å²) in [5.74, 6) is 0.253. The second-order valence-electron chi connectivity index (χ2n) is 6.60. The molecule has 1 fully saturated rings. The minimum atomic E-state index is -0.239. The summed E-state index contributed by atoms with van der Waals surface area (Å²) in [7, 11) is 1.98. The zero-order valence-electron chi connectivity index (χ0n) is 13.8. The first kappa shape index (κ1) is 14.3. The number of hydrogen-bond acceptors (Lipinski definition) is 3. The van der Waals surface area contributed by atoms with Gasteiger partial charge in [-0.15, -0.1) is 0 Å². The first-order valence-electron chi connectivity index (χ1n) is 8.29. The van der Waals surface area contributed by atoms with Gasteiger partial charge in [-0.05, 0) is 53.6 Å². The number of benzene rings is 1. The van der Waals surface area contributed by atoms with Gasteiger partial charge >= 0.3 is 0 Å². The van der Waals surface area contributed by atoms with Crippen LogP contribution in [-0.4, -0.2) is 27.0 Å². The Morgan fingerprint density at radius 3 is 2.72 bits per heavy atom. The molecule has 0 spiro atoms. The second-order valence-corrected chi connectivity index (χ2v) is 6.60. The van der Waals surface area contributed by atoms with E-state index in [9.17, 15) is 4.39 Å². The highest BCUT2D eigenvalue weighted by atomic mass is 19.1. The van der Waals surface area contributed by atoms with E-state index in [0.29, 0.717) is 11.9 Å². The van der Waals surface area contributed by atoms with Crippen molar-refractivity contribution in [2.75, 3.05) is 12.3 Å². The number of allylic oxidation sites excluding steroid dienone is 2. The molecule has 0 amide bonds. The Morgan fingerprint density at radius 2 is 1.96 bits per heavy atom. The Morgan fingerprint density at radius 1 is 1.16 bits per heavy atom. The van der Waals surface area contributed by atoms with Crippen LogP contribution < -0.4 is 5.73 Å². The van der Waals surface area contributed by atoms with Crippen LogP contribution in [0.2, 0.25) is 0 Å². The monoisotopic (exact) mass is 332 g/mol. The van der Waals surface area contributed by atoms with E-state index in [1.165, 1.54) is 17.7 Å². The van der Waals surface area contributed by atoms with Gasteiger partial charge in [0, 0.05) is 30.7 Å². The van der Waals surface area contributed by atoms with Crippen molar-refractivity contribution in [3.05, 3.63) is 66.1 Å². The van der Waals surface area contributed by atoms with E-state index in [1.54, 1.807) is 0 Å². The number of pyridine rings is 1. The van der Waals surface area contributed by atoms with Crippen molar-refractivity contribution >= 4 is 22.4 Å². The average Bonchev–Trinajstić information content (AvgIpc) is 3.33. The zero-order chi connectivity index (χ0) is 17.1. The Bertz CT molecular complexity index is 1060. The molecular formula is C20H17FN4. The number of nitrogens with zero attached hydrogens (tertiary/aromatic N) is 3. The highest BCUT2D eigenvalue weighted by molar-refractivity contribution is 6.02. The molecule has 4 heterocycles. The van der Waals surface area contributed by atoms with E-state index in [2.05, 4.69) is 28.2 Å². The van der Waals surface area contributed by atoms with Crippen LogP contribution in [0.5, 0.6) is 0 Å². The molecule has 2 aromatic heterocycles. The van der Waals surface area contributed by atoms with Crippen molar-refractivity contribution in [3.63, 3.8) is 0 Å². The fraction of sp³-hybridized carbons (Fsp3) is 0.150. The molecule has 4 nitrogen and oxygen atoms in total. The predicted octanol–water partition coefficient (Wildman–Crippen LogP) is 3.56. The molecule has 2 N–H and O–H groups in total. The number of halogens is 1. The van der Waals surface area contributed by atoms with E-state index in [4.69, 9.17) is 5.73 Å². The fourth-order valence-corrected chi connectivity index (χ4v) is 3.65. The molecule has 0 unspecified atom stereocenters. The Kier molecular flexibility index (Phi) is 2.83. The summed E-state index contributed by atoms with van der Waals surface area (Å²) >= 11 is 0. The SMILES string of the molecule is Cn1c(-c2ccc(F)cc2)c(C2=C[C@@H]3CN3C=C2)c2ccc(N)nc21. The molecule has 1 saturated heterocycles. The molecule has 5 rings (SSSR count). The number of anilines is 1. The van der Waals surface area contributed by atoms with Crippen LogP contribution in [0.3, 0.4) is 0 Å². The third-order valence-electron chi connectivity index (χ3n) is 4.97. The molecule has 2 aliphatic rings. The number of rotatable bonds is 2. The van der Waals surface area contributed by atoms with Crippen LogP contribution in [0.25, 0.3) is 27.9 Å². The van der Waals surface area contributed by atoms with E-state index in [-0.39, 0.29) is 5.82 Å². The van der Waals surface area contributed by atoms with Gasteiger partial charge in [-0.1, -0.05) is 6.08 Å².